The second-order valence-electron chi connectivity index (χ2n) is 5.02. The fraction of sp³-hybridized carbons (Fsp3) is 0.467. The Morgan fingerprint density at radius 1 is 1.50 bits per heavy atom. The minimum Gasteiger partial charge on any atom is -0.391 e. The molecule has 0 unspecified atom stereocenters. The van der Waals surface area contributed by atoms with Crippen molar-refractivity contribution in [1.29, 1.82) is 0 Å². The van der Waals surface area contributed by atoms with E-state index in [1.54, 1.807) is 6.07 Å². The second-order valence-corrected chi connectivity index (χ2v) is 5.21. The van der Waals surface area contributed by atoms with Gasteiger partial charge in [-0.05, 0) is 43.7 Å². The maximum atomic E-state index is 11.8. The van der Waals surface area contributed by atoms with Crippen LogP contribution >= 0.6 is 11.8 Å². The molecule has 20 heavy (non-hydrogen) atoms. The van der Waals surface area contributed by atoms with Crippen LogP contribution in [0.4, 0.5) is 0 Å². The van der Waals surface area contributed by atoms with Crippen molar-refractivity contribution < 1.29 is 9.63 Å². The van der Waals surface area contributed by atoms with Gasteiger partial charge in [0.15, 0.2) is 0 Å². The third kappa shape index (κ3) is 3.51. The molecule has 4 nitrogen and oxygen atoms in total. The van der Waals surface area contributed by atoms with Gasteiger partial charge in [-0.1, -0.05) is 24.2 Å². The lowest BCUT2D eigenvalue weighted by Gasteiger charge is -2.12. The van der Waals surface area contributed by atoms with Gasteiger partial charge in [-0.25, -0.2) is 0 Å². The number of carbonyl (C=O) groups is 1. The monoisotopic (exact) mass is 294 g/mol. The van der Waals surface area contributed by atoms with Gasteiger partial charge in [0.2, 0.25) is 0 Å². The van der Waals surface area contributed by atoms with Gasteiger partial charge in [0.05, 0.1) is 5.71 Å². The molecule has 1 fully saturated rings. The smallest absolute Gasteiger partial charge is 0.266 e. The van der Waals surface area contributed by atoms with Crippen LogP contribution in [0, 0.1) is 0 Å². The van der Waals surface area contributed by atoms with Crippen molar-refractivity contribution in [2.75, 3.05) is 0 Å². The van der Waals surface area contributed by atoms with Crippen LogP contribution in [0.25, 0.3) is 0 Å². The third-order valence-corrected chi connectivity index (χ3v) is 3.67. The number of nitrogens with zero attached hydrogens (tertiary/aromatic N) is 1. The van der Waals surface area contributed by atoms with Crippen LogP contribution in [0.1, 0.15) is 60.5 Å². The summed E-state index contributed by atoms with van der Waals surface area (Å²) in [5.74, 6) is 0.233. The van der Waals surface area contributed by atoms with Crippen LogP contribution in [0.5, 0.6) is 0 Å². The molecule has 1 aliphatic rings. The van der Waals surface area contributed by atoms with Crippen LogP contribution in [0.15, 0.2) is 23.4 Å². The lowest BCUT2D eigenvalue weighted by atomic mass is 9.98. The summed E-state index contributed by atoms with van der Waals surface area (Å²) in [4.78, 5) is 19.4. The highest BCUT2D eigenvalue weighted by Crippen LogP contribution is 2.42. The maximum Gasteiger partial charge on any atom is 0.266 e. The molecule has 0 heterocycles. The summed E-state index contributed by atoms with van der Waals surface area (Å²) in [6.07, 6.45) is 3.17. The van der Waals surface area contributed by atoms with Gasteiger partial charge in [-0.2, -0.15) is 0 Å². The summed E-state index contributed by atoms with van der Waals surface area (Å²) in [6.45, 7) is 4.23. The van der Waals surface area contributed by atoms with E-state index in [-0.39, 0.29) is 5.91 Å². The first kappa shape index (κ1) is 14.9. The summed E-state index contributed by atoms with van der Waals surface area (Å²) in [7, 11) is 0. The van der Waals surface area contributed by atoms with Crippen LogP contribution in [0.2, 0.25) is 0 Å². The van der Waals surface area contributed by atoms with Gasteiger partial charge in [0.25, 0.3) is 5.91 Å². The zero-order valence-electron chi connectivity index (χ0n) is 11.8. The number of hydrogen-bond donors (Lipinski definition) is 1. The molecule has 2 rings (SSSR count). The van der Waals surface area contributed by atoms with E-state index in [0.717, 1.165) is 30.5 Å². The number of nitrogens with one attached hydrogen (secondary N) is 1. The lowest BCUT2D eigenvalue weighted by Crippen LogP contribution is -2.16. The van der Waals surface area contributed by atoms with Crippen molar-refractivity contribution in [3.8, 4) is 0 Å². The van der Waals surface area contributed by atoms with E-state index >= 15 is 0 Å². The van der Waals surface area contributed by atoms with Crippen LogP contribution in [-0.4, -0.2) is 11.6 Å². The SMILES string of the molecule is CCC(C)=NOCc1c(C(=O)NCl)cccc1C1CC1. The predicted molar refractivity (Wildman–Crippen MR) is 79.9 cm³/mol. The molecular formula is C15H19ClN2O2. The van der Waals surface area contributed by atoms with Crippen molar-refractivity contribution in [1.82, 2.24) is 4.84 Å². The standard InChI is InChI=1S/C15H19ClN2O2/c1-3-10(2)18-20-9-14-12(11-7-8-11)5-4-6-13(14)15(19)17-16/h4-6,11H,3,7-9H2,1-2H3,(H,17,19). The molecule has 1 saturated carbocycles. The second kappa shape index (κ2) is 6.75. The molecule has 0 spiro atoms. The summed E-state index contributed by atoms with van der Waals surface area (Å²) in [6, 6.07) is 5.70. The molecule has 108 valence electrons. The first-order valence-electron chi connectivity index (χ1n) is 6.85. The topological polar surface area (TPSA) is 50.7 Å². The fourth-order valence-corrected chi connectivity index (χ4v) is 2.18. The van der Waals surface area contributed by atoms with Gasteiger partial charge in [-0.3, -0.25) is 9.63 Å². The molecule has 1 aliphatic carbocycles. The Morgan fingerprint density at radius 2 is 2.25 bits per heavy atom. The first-order chi connectivity index (χ1) is 9.67. The van der Waals surface area contributed by atoms with Crippen molar-refractivity contribution in [2.45, 2.75) is 45.6 Å². The molecule has 1 aromatic carbocycles. The largest absolute Gasteiger partial charge is 0.391 e. The molecule has 0 saturated heterocycles. The van der Waals surface area contributed by atoms with Gasteiger partial charge in [0.1, 0.15) is 6.61 Å². The van der Waals surface area contributed by atoms with Crippen molar-refractivity contribution in [3.05, 3.63) is 34.9 Å². The Bertz CT molecular complexity index is 525. The normalized spacial score (nSPS) is 15.1. The number of carbonyl (C=O) groups excluding carboxylic acids is 1. The van der Waals surface area contributed by atoms with Gasteiger partial charge < -0.3 is 4.84 Å². The minimum absolute atomic E-state index is 0.295. The lowest BCUT2D eigenvalue weighted by molar-refractivity contribution is 0.0969. The Hall–Kier alpha value is -1.55. The van der Waals surface area contributed by atoms with Gasteiger partial charge in [0, 0.05) is 22.9 Å². The highest BCUT2D eigenvalue weighted by Gasteiger charge is 2.28. The Morgan fingerprint density at radius 3 is 2.85 bits per heavy atom. The van der Waals surface area contributed by atoms with E-state index < -0.39 is 0 Å². The molecular weight excluding hydrogens is 276 g/mol. The van der Waals surface area contributed by atoms with Crippen LogP contribution in [-0.2, 0) is 11.4 Å². The van der Waals surface area contributed by atoms with Crippen molar-refractivity contribution >= 4 is 23.4 Å². The summed E-state index contributed by atoms with van der Waals surface area (Å²) in [5.41, 5.74) is 3.55. The Labute approximate surface area is 124 Å². The van der Waals surface area contributed by atoms with Crippen LogP contribution in [0.3, 0.4) is 0 Å². The molecule has 1 amide bonds. The molecule has 1 N–H and O–H groups in total. The zero-order valence-corrected chi connectivity index (χ0v) is 12.5. The zero-order chi connectivity index (χ0) is 14.5. The number of hydrogen-bond acceptors (Lipinski definition) is 3. The highest BCUT2D eigenvalue weighted by molar-refractivity contribution is 6.24. The Balaban J connectivity index is 2.24. The molecule has 1 aromatic rings. The molecule has 5 heteroatoms. The van der Waals surface area contributed by atoms with Gasteiger partial charge in [-0.15, -0.1) is 0 Å². The van der Waals surface area contributed by atoms with E-state index in [2.05, 4.69) is 16.1 Å². The van der Waals surface area contributed by atoms with E-state index in [1.165, 1.54) is 5.56 Å². The highest BCUT2D eigenvalue weighted by atomic mass is 35.5. The van der Waals surface area contributed by atoms with Crippen molar-refractivity contribution in [3.63, 3.8) is 0 Å². The quantitative estimate of drug-likeness (QED) is 0.493. The Kier molecular flexibility index (Phi) is 5.01. The number of amides is 1. The molecule has 0 radical (unpaired) electrons. The summed E-state index contributed by atoms with van der Waals surface area (Å²) >= 11 is 5.45. The minimum atomic E-state index is -0.302. The molecule has 0 atom stereocenters. The van der Waals surface area contributed by atoms with Gasteiger partial charge >= 0.3 is 0 Å². The maximum absolute atomic E-state index is 11.8. The number of oxime groups is 1. The third-order valence-electron chi connectivity index (χ3n) is 3.50. The average Bonchev–Trinajstić information content (AvgIpc) is 3.30. The van der Waals surface area contributed by atoms with E-state index in [0.29, 0.717) is 18.1 Å². The van der Waals surface area contributed by atoms with E-state index in [9.17, 15) is 4.79 Å². The summed E-state index contributed by atoms with van der Waals surface area (Å²) < 4.78 is 0. The van der Waals surface area contributed by atoms with Crippen LogP contribution < -0.4 is 4.84 Å². The average molecular weight is 295 g/mol. The van der Waals surface area contributed by atoms with Crippen molar-refractivity contribution in [2.24, 2.45) is 5.16 Å². The predicted octanol–water partition coefficient (Wildman–Crippen LogP) is 3.75. The summed E-state index contributed by atoms with van der Waals surface area (Å²) in [5, 5.41) is 4.04. The van der Waals surface area contributed by atoms with E-state index in [4.69, 9.17) is 16.6 Å². The number of rotatable bonds is 6. The first-order valence-corrected chi connectivity index (χ1v) is 7.23. The fourth-order valence-electron chi connectivity index (χ4n) is 2.08. The molecule has 0 aliphatic heterocycles. The van der Waals surface area contributed by atoms with E-state index in [1.807, 2.05) is 19.9 Å². The number of halogens is 1. The molecule has 0 aromatic heterocycles. The molecule has 0 bridgehead atoms. The number of benzene rings is 1.